The lowest BCUT2D eigenvalue weighted by molar-refractivity contribution is -0.132. The smallest absolute Gasteiger partial charge is 0.330 e. The van der Waals surface area contributed by atoms with Gasteiger partial charge in [0.1, 0.15) is 24.4 Å². The lowest BCUT2D eigenvalue weighted by Crippen LogP contribution is -2.46. The Balaban J connectivity index is -0.000000300. The minimum absolute atomic E-state index is 0.176. The maximum absolute atomic E-state index is 10.1. The first-order valence-corrected chi connectivity index (χ1v) is 5.74. The Labute approximate surface area is 125 Å². The lowest BCUT2D eigenvalue weighted by Gasteiger charge is -2.24. The SMILES string of the molecule is C=C(C)C(=O)O.C=C(F)F.OC[C@@H](O)[C@@H](O)[C@H](O)[C@@H](O)CO. The molecule has 0 bridgehead atoms. The van der Waals surface area contributed by atoms with Gasteiger partial charge in [-0.15, -0.1) is 0 Å². The van der Waals surface area contributed by atoms with E-state index in [1.807, 2.05) is 0 Å². The van der Waals surface area contributed by atoms with Crippen molar-refractivity contribution < 1.29 is 49.3 Å². The first-order valence-electron chi connectivity index (χ1n) is 5.74. The van der Waals surface area contributed by atoms with Crippen LogP contribution in [0, 0.1) is 0 Å². The average molecular weight is 332 g/mol. The number of aliphatic carboxylic acids is 1. The predicted octanol–water partition coefficient (Wildman–Crippen LogP) is -1.54. The van der Waals surface area contributed by atoms with Gasteiger partial charge in [0.05, 0.1) is 13.2 Å². The molecule has 0 aliphatic rings. The Morgan fingerprint density at radius 3 is 1.23 bits per heavy atom. The van der Waals surface area contributed by atoms with E-state index in [1.54, 1.807) is 0 Å². The molecule has 0 aliphatic carbocycles. The van der Waals surface area contributed by atoms with Crippen LogP contribution >= 0.6 is 0 Å². The van der Waals surface area contributed by atoms with Gasteiger partial charge in [0, 0.05) is 5.57 Å². The number of carboxylic acids is 1. The third-order valence-corrected chi connectivity index (χ3v) is 1.88. The first-order chi connectivity index (χ1) is 9.91. The number of carboxylic acid groups (broad SMARTS) is 1. The van der Waals surface area contributed by atoms with Crippen LogP contribution in [0.25, 0.3) is 0 Å². The molecule has 132 valence electrons. The summed E-state index contributed by atoms with van der Waals surface area (Å²) in [6.45, 7) is 5.37. The Hall–Kier alpha value is -1.43. The second-order valence-corrected chi connectivity index (χ2v) is 3.91. The molecule has 0 rings (SSSR count). The van der Waals surface area contributed by atoms with E-state index >= 15 is 0 Å². The molecule has 22 heavy (non-hydrogen) atoms. The van der Waals surface area contributed by atoms with Gasteiger partial charge in [-0.2, -0.15) is 8.78 Å². The predicted molar refractivity (Wildman–Crippen MR) is 72.0 cm³/mol. The van der Waals surface area contributed by atoms with Gasteiger partial charge >= 0.3 is 5.97 Å². The van der Waals surface area contributed by atoms with E-state index in [0.717, 1.165) is 0 Å². The summed E-state index contributed by atoms with van der Waals surface area (Å²) in [6.07, 6.45) is -8.23. The van der Waals surface area contributed by atoms with E-state index in [-0.39, 0.29) is 5.57 Å². The maximum atomic E-state index is 10.1. The number of carbonyl (C=O) groups is 1. The summed E-state index contributed by atoms with van der Waals surface area (Å²) in [5.74, 6) is -0.935. The summed E-state index contributed by atoms with van der Waals surface area (Å²) in [5, 5.41) is 60.1. The summed E-state index contributed by atoms with van der Waals surface area (Å²) in [4.78, 5) is 9.60. The Kier molecular flexibility index (Phi) is 16.8. The quantitative estimate of drug-likeness (QED) is 0.288. The maximum Gasteiger partial charge on any atom is 0.330 e. The molecule has 0 heterocycles. The summed E-state index contributed by atoms with van der Waals surface area (Å²) < 4.78 is 20.3. The van der Waals surface area contributed by atoms with Gasteiger partial charge in [-0.25, -0.2) is 4.79 Å². The molecule has 0 spiro atoms. The van der Waals surface area contributed by atoms with Crippen molar-refractivity contribution in [3.05, 3.63) is 24.8 Å². The summed E-state index contributed by atoms with van der Waals surface area (Å²) in [7, 11) is 0. The molecule has 0 saturated carbocycles. The van der Waals surface area contributed by atoms with Gasteiger partial charge < -0.3 is 35.7 Å². The van der Waals surface area contributed by atoms with Gasteiger partial charge in [0.15, 0.2) is 0 Å². The van der Waals surface area contributed by atoms with Crippen LogP contribution in [-0.4, -0.2) is 79.3 Å². The standard InChI is InChI=1S/C6H14O6.C4H6O2.C2H2F2/c7-1-3(9)5(11)6(12)4(10)2-8;1-3(2)4(5)6;1-2(3)4/h3-12H,1-2H2;1H2,2H3,(H,5,6);1H2/t3-,4+,5-,6-;;/m1../s1. The van der Waals surface area contributed by atoms with Crippen molar-refractivity contribution in [1.29, 1.82) is 0 Å². The third-order valence-electron chi connectivity index (χ3n) is 1.88. The number of aliphatic hydroxyl groups excluding tert-OH is 6. The van der Waals surface area contributed by atoms with Gasteiger partial charge in [0.25, 0.3) is 6.08 Å². The van der Waals surface area contributed by atoms with E-state index in [9.17, 15) is 13.6 Å². The molecule has 0 aromatic rings. The molecule has 0 aromatic carbocycles. The highest BCUT2D eigenvalue weighted by molar-refractivity contribution is 5.84. The van der Waals surface area contributed by atoms with Crippen molar-refractivity contribution in [3.63, 3.8) is 0 Å². The van der Waals surface area contributed by atoms with Crippen molar-refractivity contribution in [2.45, 2.75) is 31.3 Å². The van der Waals surface area contributed by atoms with Gasteiger partial charge in [0.2, 0.25) is 0 Å². The van der Waals surface area contributed by atoms with E-state index in [2.05, 4.69) is 13.2 Å². The fourth-order valence-corrected chi connectivity index (χ4v) is 0.671. The molecular weight excluding hydrogens is 310 g/mol. The van der Waals surface area contributed by atoms with Crippen molar-refractivity contribution in [3.8, 4) is 0 Å². The molecule has 0 aromatic heterocycles. The van der Waals surface area contributed by atoms with Crippen molar-refractivity contribution in [1.82, 2.24) is 0 Å². The highest BCUT2D eigenvalue weighted by Crippen LogP contribution is 2.04. The van der Waals surface area contributed by atoms with Crippen LogP contribution in [0.1, 0.15) is 6.92 Å². The lowest BCUT2D eigenvalue weighted by atomic mass is 10.0. The number of aliphatic hydroxyl groups is 6. The summed E-state index contributed by atoms with van der Waals surface area (Å²) in [5.41, 5.74) is 0.176. The molecule has 4 atom stereocenters. The largest absolute Gasteiger partial charge is 0.478 e. The molecule has 0 amide bonds. The molecule has 8 nitrogen and oxygen atoms in total. The normalized spacial score (nSPS) is 15.0. The fraction of sp³-hybridized carbons (Fsp3) is 0.583. The molecule has 0 radical (unpaired) electrons. The van der Waals surface area contributed by atoms with E-state index < -0.39 is 49.7 Å². The first kappa shape index (κ1) is 25.5. The highest BCUT2D eigenvalue weighted by Gasteiger charge is 2.29. The van der Waals surface area contributed by atoms with Crippen molar-refractivity contribution >= 4 is 5.97 Å². The van der Waals surface area contributed by atoms with Crippen molar-refractivity contribution in [2.75, 3.05) is 13.2 Å². The van der Waals surface area contributed by atoms with Crippen LogP contribution in [0.3, 0.4) is 0 Å². The zero-order chi connectivity index (χ0) is 18.5. The second kappa shape index (κ2) is 14.5. The Morgan fingerprint density at radius 1 is 0.955 bits per heavy atom. The van der Waals surface area contributed by atoms with Crippen LogP contribution in [0.2, 0.25) is 0 Å². The van der Waals surface area contributed by atoms with E-state index in [1.165, 1.54) is 6.92 Å². The van der Waals surface area contributed by atoms with Gasteiger partial charge in [-0.1, -0.05) is 6.58 Å². The Bertz CT molecular complexity index is 307. The molecule has 0 unspecified atom stereocenters. The van der Waals surface area contributed by atoms with Crippen LogP contribution in [0.5, 0.6) is 0 Å². The van der Waals surface area contributed by atoms with E-state index in [0.29, 0.717) is 0 Å². The summed E-state index contributed by atoms with van der Waals surface area (Å²) in [6, 6.07) is 0. The second-order valence-electron chi connectivity index (χ2n) is 3.91. The zero-order valence-electron chi connectivity index (χ0n) is 11.9. The van der Waals surface area contributed by atoms with E-state index in [4.69, 9.17) is 35.7 Å². The molecule has 10 heteroatoms. The third kappa shape index (κ3) is 16.6. The van der Waals surface area contributed by atoms with Gasteiger partial charge in [-0.3, -0.25) is 0 Å². The zero-order valence-corrected chi connectivity index (χ0v) is 11.9. The molecule has 0 aliphatic heterocycles. The monoisotopic (exact) mass is 332 g/mol. The van der Waals surface area contributed by atoms with Crippen LogP contribution in [-0.2, 0) is 4.79 Å². The number of hydrogen-bond acceptors (Lipinski definition) is 7. The fourth-order valence-electron chi connectivity index (χ4n) is 0.671. The topological polar surface area (TPSA) is 159 Å². The van der Waals surface area contributed by atoms with Gasteiger partial charge in [-0.05, 0) is 13.5 Å². The highest BCUT2D eigenvalue weighted by atomic mass is 19.3. The van der Waals surface area contributed by atoms with Crippen LogP contribution in [0.4, 0.5) is 8.78 Å². The number of rotatable bonds is 6. The molecule has 7 N–H and O–H groups in total. The van der Waals surface area contributed by atoms with Crippen LogP contribution < -0.4 is 0 Å². The number of hydrogen-bond donors (Lipinski definition) is 7. The minimum Gasteiger partial charge on any atom is -0.478 e. The average Bonchev–Trinajstić information content (AvgIpc) is 2.43. The van der Waals surface area contributed by atoms with Crippen LogP contribution in [0.15, 0.2) is 24.8 Å². The molecule has 0 saturated heterocycles. The van der Waals surface area contributed by atoms with Crippen molar-refractivity contribution in [2.24, 2.45) is 0 Å². The minimum atomic E-state index is -1.83. The molecular formula is C12H22F2O8. The molecule has 0 fully saturated rings. The summed E-state index contributed by atoms with van der Waals surface area (Å²) >= 11 is 0. The number of halogens is 2. The Morgan fingerprint density at radius 2 is 1.14 bits per heavy atom.